The Morgan fingerprint density at radius 2 is 1.56 bits per heavy atom. The van der Waals surface area contributed by atoms with Gasteiger partial charge in [-0.1, -0.05) is 12.1 Å². The van der Waals surface area contributed by atoms with Crippen LogP contribution in [0.2, 0.25) is 0 Å². The smallest absolute Gasteiger partial charge is 0.269 e. The first-order valence-electron chi connectivity index (χ1n) is 13.0. The van der Waals surface area contributed by atoms with Crippen LogP contribution in [0.5, 0.6) is 17.2 Å². The van der Waals surface area contributed by atoms with Crippen molar-refractivity contribution in [3.8, 4) is 45.8 Å². The van der Waals surface area contributed by atoms with E-state index in [0.29, 0.717) is 38.6 Å². The van der Waals surface area contributed by atoms with E-state index < -0.39 is 4.92 Å². The van der Waals surface area contributed by atoms with Crippen molar-refractivity contribution in [2.45, 2.75) is 6.61 Å². The number of aliphatic imine (C=N–C) groups is 1. The number of hydrogen-bond acceptors (Lipinski definition) is 8. The molecule has 214 valence electrons. The lowest BCUT2D eigenvalue weighted by atomic mass is 9.98. The Morgan fingerprint density at radius 1 is 0.930 bits per heavy atom. The van der Waals surface area contributed by atoms with Gasteiger partial charge < -0.3 is 18.6 Å². The van der Waals surface area contributed by atoms with Crippen molar-refractivity contribution < 1.29 is 23.6 Å². The van der Waals surface area contributed by atoms with E-state index in [1.165, 1.54) is 12.1 Å². The lowest BCUT2D eigenvalue weighted by Gasteiger charge is -2.09. The SMILES string of the molecule is COc1ccc(-c2oc(N=Cc3ccc(OCc4ccc([N+](=O)[O-])cc4)c(Br)c3)c(C#N)c2-c2ccc(OC)cc2)cc1. The number of non-ortho nitro benzene ring substituents is 1. The van der Waals surface area contributed by atoms with Gasteiger partial charge in [0.2, 0.25) is 5.88 Å². The molecule has 0 fully saturated rings. The Hall–Kier alpha value is -5.40. The summed E-state index contributed by atoms with van der Waals surface area (Å²) in [5.74, 6) is 2.67. The predicted molar refractivity (Wildman–Crippen MR) is 166 cm³/mol. The van der Waals surface area contributed by atoms with Crippen LogP contribution in [-0.4, -0.2) is 25.4 Å². The molecule has 0 amide bonds. The van der Waals surface area contributed by atoms with Gasteiger partial charge in [-0.05, 0) is 99.4 Å². The monoisotopic (exact) mass is 637 g/mol. The molecule has 0 unspecified atom stereocenters. The van der Waals surface area contributed by atoms with Crippen LogP contribution in [0.25, 0.3) is 22.5 Å². The summed E-state index contributed by atoms with van der Waals surface area (Å²) in [6.07, 6.45) is 1.61. The molecule has 0 atom stereocenters. The topological polar surface area (TPSA) is 120 Å². The number of nitro benzene ring substituents is 1. The van der Waals surface area contributed by atoms with E-state index in [4.69, 9.17) is 18.6 Å². The Kier molecular flexibility index (Phi) is 8.84. The molecule has 0 radical (unpaired) electrons. The number of rotatable bonds is 10. The second-order valence-corrected chi connectivity index (χ2v) is 10.1. The molecule has 1 heterocycles. The zero-order chi connectivity index (χ0) is 30.3. The Morgan fingerprint density at radius 3 is 2.12 bits per heavy atom. The second kappa shape index (κ2) is 13.1. The highest BCUT2D eigenvalue weighted by Gasteiger charge is 2.23. The van der Waals surface area contributed by atoms with E-state index in [1.807, 2.05) is 60.7 Å². The average molecular weight is 638 g/mol. The summed E-state index contributed by atoms with van der Waals surface area (Å²) in [6, 6.07) is 28.7. The van der Waals surface area contributed by atoms with Crippen molar-refractivity contribution in [1.82, 2.24) is 0 Å². The third-order valence-electron chi connectivity index (χ3n) is 6.56. The van der Waals surface area contributed by atoms with Crippen LogP contribution in [0.3, 0.4) is 0 Å². The summed E-state index contributed by atoms with van der Waals surface area (Å²) in [7, 11) is 3.19. The zero-order valence-electron chi connectivity index (χ0n) is 23.1. The van der Waals surface area contributed by atoms with Crippen molar-refractivity contribution in [2.75, 3.05) is 14.2 Å². The van der Waals surface area contributed by atoms with E-state index in [1.54, 1.807) is 38.6 Å². The molecule has 5 rings (SSSR count). The number of nitrogens with zero attached hydrogens (tertiary/aromatic N) is 3. The van der Waals surface area contributed by atoms with Crippen molar-refractivity contribution in [2.24, 2.45) is 4.99 Å². The number of nitriles is 1. The number of benzene rings is 4. The van der Waals surface area contributed by atoms with Crippen LogP contribution < -0.4 is 14.2 Å². The summed E-state index contributed by atoms with van der Waals surface area (Å²) >= 11 is 3.53. The maximum absolute atomic E-state index is 10.9. The largest absolute Gasteiger partial charge is 0.497 e. The first-order chi connectivity index (χ1) is 20.9. The first-order valence-corrected chi connectivity index (χ1v) is 13.7. The van der Waals surface area contributed by atoms with Crippen LogP contribution >= 0.6 is 15.9 Å². The summed E-state index contributed by atoms with van der Waals surface area (Å²) < 4.78 is 23.4. The highest BCUT2D eigenvalue weighted by atomic mass is 79.9. The van der Waals surface area contributed by atoms with E-state index in [-0.39, 0.29) is 18.2 Å². The third-order valence-corrected chi connectivity index (χ3v) is 7.18. The summed E-state index contributed by atoms with van der Waals surface area (Å²) in [5.41, 5.74) is 4.04. The number of methoxy groups -OCH3 is 2. The van der Waals surface area contributed by atoms with Gasteiger partial charge in [0.15, 0.2) is 0 Å². The Bertz CT molecular complexity index is 1820. The Labute approximate surface area is 255 Å². The van der Waals surface area contributed by atoms with Gasteiger partial charge in [-0.25, -0.2) is 4.99 Å². The number of ether oxygens (including phenoxy) is 3. The molecular weight excluding hydrogens is 614 g/mol. The summed E-state index contributed by atoms with van der Waals surface area (Å²) in [5, 5.41) is 21.1. The number of nitro groups is 1. The molecule has 43 heavy (non-hydrogen) atoms. The van der Waals surface area contributed by atoms with E-state index in [0.717, 1.165) is 22.3 Å². The number of halogens is 1. The molecule has 5 aromatic rings. The maximum atomic E-state index is 10.9. The number of hydrogen-bond donors (Lipinski definition) is 0. The van der Waals surface area contributed by atoms with Gasteiger partial charge >= 0.3 is 0 Å². The molecule has 0 spiro atoms. The zero-order valence-corrected chi connectivity index (χ0v) is 24.7. The van der Waals surface area contributed by atoms with Gasteiger partial charge in [-0.15, -0.1) is 0 Å². The van der Waals surface area contributed by atoms with Crippen molar-refractivity contribution in [1.29, 1.82) is 5.26 Å². The average Bonchev–Trinajstić information content (AvgIpc) is 3.42. The fourth-order valence-corrected chi connectivity index (χ4v) is 4.83. The van der Waals surface area contributed by atoms with Crippen LogP contribution in [0.15, 0.2) is 105 Å². The minimum Gasteiger partial charge on any atom is -0.497 e. The normalized spacial score (nSPS) is 10.8. The first kappa shape index (κ1) is 29.1. The maximum Gasteiger partial charge on any atom is 0.269 e. The highest BCUT2D eigenvalue weighted by Crippen LogP contribution is 2.43. The highest BCUT2D eigenvalue weighted by molar-refractivity contribution is 9.10. The molecule has 0 aliphatic rings. The lowest BCUT2D eigenvalue weighted by Crippen LogP contribution is -1.97. The van der Waals surface area contributed by atoms with Gasteiger partial charge in [0.1, 0.15) is 41.2 Å². The van der Waals surface area contributed by atoms with Crippen molar-refractivity contribution in [3.05, 3.63) is 122 Å². The Balaban J connectivity index is 1.43. The van der Waals surface area contributed by atoms with Crippen LogP contribution in [0, 0.1) is 21.4 Å². The summed E-state index contributed by atoms with van der Waals surface area (Å²) in [4.78, 5) is 15.0. The van der Waals surface area contributed by atoms with Crippen LogP contribution in [0.1, 0.15) is 16.7 Å². The predicted octanol–water partition coefficient (Wildman–Crippen LogP) is 8.50. The third kappa shape index (κ3) is 6.58. The molecule has 0 N–H and O–H groups in total. The van der Waals surface area contributed by atoms with E-state index >= 15 is 0 Å². The van der Waals surface area contributed by atoms with Gasteiger partial charge in [0.05, 0.1) is 23.6 Å². The molecule has 4 aromatic carbocycles. The molecule has 0 aliphatic carbocycles. The van der Waals surface area contributed by atoms with Gasteiger partial charge in [0, 0.05) is 29.5 Å². The van der Waals surface area contributed by atoms with Gasteiger partial charge in [0.25, 0.3) is 5.69 Å². The van der Waals surface area contributed by atoms with E-state index in [2.05, 4.69) is 27.0 Å². The fraction of sp³-hybridized carbons (Fsp3) is 0.0909. The van der Waals surface area contributed by atoms with Gasteiger partial charge in [-0.2, -0.15) is 5.26 Å². The minimum atomic E-state index is -0.441. The molecule has 10 heteroatoms. The van der Waals surface area contributed by atoms with E-state index in [9.17, 15) is 15.4 Å². The molecule has 1 aromatic heterocycles. The minimum absolute atomic E-state index is 0.0249. The van der Waals surface area contributed by atoms with Gasteiger partial charge in [-0.3, -0.25) is 10.1 Å². The fourth-order valence-electron chi connectivity index (χ4n) is 4.32. The van der Waals surface area contributed by atoms with Crippen LogP contribution in [0.4, 0.5) is 11.6 Å². The molecule has 0 saturated heterocycles. The quantitative estimate of drug-likeness (QED) is 0.0854. The van der Waals surface area contributed by atoms with Crippen molar-refractivity contribution >= 4 is 33.7 Å². The van der Waals surface area contributed by atoms with Crippen LogP contribution in [-0.2, 0) is 6.61 Å². The molecule has 0 saturated carbocycles. The molecule has 0 bridgehead atoms. The second-order valence-electron chi connectivity index (χ2n) is 9.22. The summed E-state index contributed by atoms with van der Waals surface area (Å²) in [6.45, 7) is 0.240. The molecule has 0 aliphatic heterocycles. The standard InChI is InChI=1S/C33H24BrN3O6/c1-40-26-12-6-23(7-13-26)31-28(18-35)33(43-32(31)24-8-14-27(41-2)15-9-24)36-19-22-5-16-30(29(34)17-22)42-20-21-3-10-25(11-4-21)37(38)39/h3-17,19H,20H2,1-2H3. The lowest BCUT2D eigenvalue weighted by molar-refractivity contribution is -0.384. The van der Waals surface area contributed by atoms with Crippen molar-refractivity contribution in [3.63, 3.8) is 0 Å². The molecule has 9 nitrogen and oxygen atoms in total. The number of furan rings is 1. The molecular formula is C33H24BrN3O6.